The first-order valence-electron chi connectivity index (χ1n) is 11.6. The van der Waals surface area contributed by atoms with Crippen molar-refractivity contribution in [2.24, 2.45) is 0 Å². The zero-order chi connectivity index (χ0) is 23.6. The summed E-state index contributed by atoms with van der Waals surface area (Å²) < 4.78 is 27.8. The number of para-hydroxylation sites is 1. The number of fused-ring (bicyclic) bond motifs is 1. The molecule has 0 saturated carbocycles. The lowest BCUT2D eigenvalue weighted by molar-refractivity contribution is -0.132. The van der Waals surface area contributed by atoms with Crippen molar-refractivity contribution in [2.45, 2.75) is 56.3 Å². The van der Waals surface area contributed by atoms with Crippen LogP contribution in [0.15, 0.2) is 59.6 Å². The molecule has 1 aromatic heterocycles. The third-order valence-electron chi connectivity index (χ3n) is 6.57. The molecule has 2 N–H and O–H groups in total. The highest BCUT2D eigenvalue weighted by Crippen LogP contribution is 2.33. The summed E-state index contributed by atoms with van der Waals surface area (Å²) in [5.74, 6) is 0.429. The average Bonchev–Trinajstić information content (AvgIpc) is 3.23. The van der Waals surface area contributed by atoms with Crippen molar-refractivity contribution in [1.82, 2.24) is 14.6 Å². The SMILES string of the molecule is CC(C)(C)c1ccc(S(=O)(=O)NCCC(=O)N2CCC(c3c[nH]c4ccccc34)CC2)cc1. The van der Waals surface area contributed by atoms with Crippen molar-refractivity contribution in [3.8, 4) is 0 Å². The van der Waals surface area contributed by atoms with Crippen LogP contribution in [0.4, 0.5) is 0 Å². The molecule has 0 bridgehead atoms. The number of carbonyl (C=O) groups excluding carboxylic acids is 1. The quantitative estimate of drug-likeness (QED) is 0.558. The second kappa shape index (κ2) is 9.31. The normalized spacial score (nSPS) is 15.8. The molecule has 2 aromatic carbocycles. The minimum atomic E-state index is -3.63. The van der Waals surface area contributed by atoms with Crippen LogP contribution in [0.1, 0.15) is 57.1 Å². The van der Waals surface area contributed by atoms with Crippen LogP contribution in [0, 0.1) is 0 Å². The van der Waals surface area contributed by atoms with Crippen LogP contribution in [-0.2, 0) is 20.2 Å². The molecule has 1 aliphatic heterocycles. The number of hydrogen-bond donors (Lipinski definition) is 2. The van der Waals surface area contributed by atoms with Gasteiger partial charge in [-0.25, -0.2) is 13.1 Å². The summed E-state index contributed by atoms with van der Waals surface area (Å²) in [5.41, 5.74) is 3.51. The van der Waals surface area contributed by atoms with Gasteiger partial charge in [0.05, 0.1) is 4.90 Å². The zero-order valence-electron chi connectivity index (χ0n) is 19.6. The third kappa shape index (κ3) is 5.31. The lowest BCUT2D eigenvalue weighted by atomic mass is 9.87. The Morgan fingerprint density at radius 3 is 2.39 bits per heavy atom. The number of hydrogen-bond acceptors (Lipinski definition) is 3. The van der Waals surface area contributed by atoms with Crippen LogP contribution >= 0.6 is 0 Å². The van der Waals surface area contributed by atoms with E-state index < -0.39 is 10.0 Å². The van der Waals surface area contributed by atoms with Gasteiger partial charge in [0.2, 0.25) is 15.9 Å². The van der Waals surface area contributed by atoms with Gasteiger partial charge in [0, 0.05) is 43.2 Å². The fraction of sp³-hybridized carbons (Fsp3) is 0.423. The van der Waals surface area contributed by atoms with Gasteiger partial charge in [0.15, 0.2) is 0 Å². The van der Waals surface area contributed by atoms with E-state index in [2.05, 4.69) is 54.9 Å². The number of amides is 1. The number of benzene rings is 2. The smallest absolute Gasteiger partial charge is 0.240 e. The van der Waals surface area contributed by atoms with Gasteiger partial charge in [0.25, 0.3) is 0 Å². The van der Waals surface area contributed by atoms with Gasteiger partial charge in [-0.05, 0) is 53.5 Å². The highest BCUT2D eigenvalue weighted by Gasteiger charge is 2.25. The molecule has 0 spiro atoms. The Morgan fingerprint density at radius 1 is 1.06 bits per heavy atom. The van der Waals surface area contributed by atoms with Crippen LogP contribution in [0.5, 0.6) is 0 Å². The summed E-state index contributed by atoms with van der Waals surface area (Å²) in [6.07, 6.45) is 4.09. The second-order valence-electron chi connectivity index (χ2n) is 9.87. The number of aromatic nitrogens is 1. The van der Waals surface area contributed by atoms with Gasteiger partial charge >= 0.3 is 0 Å². The molecule has 33 heavy (non-hydrogen) atoms. The predicted octanol–water partition coefficient (Wildman–Crippen LogP) is 4.54. The number of nitrogens with zero attached hydrogens (tertiary/aromatic N) is 1. The molecule has 2 heterocycles. The van der Waals surface area contributed by atoms with Crippen LogP contribution in [0.25, 0.3) is 10.9 Å². The Hall–Kier alpha value is -2.64. The first kappa shape index (κ1) is 23.5. The molecule has 1 amide bonds. The summed E-state index contributed by atoms with van der Waals surface area (Å²) in [6, 6.07) is 15.2. The Bertz CT molecular complexity index is 1220. The Kier molecular flexibility index (Phi) is 6.64. The van der Waals surface area contributed by atoms with E-state index in [1.54, 1.807) is 12.1 Å². The standard InChI is InChI=1S/C26H33N3O3S/c1-26(2,3)20-8-10-21(11-9-20)33(31,32)28-15-12-25(30)29-16-13-19(14-17-29)23-18-27-24-7-5-4-6-22(23)24/h4-11,18-19,27-28H,12-17H2,1-3H3. The molecular weight excluding hydrogens is 434 g/mol. The molecule has 0 aliphatic carbocycles. The molecule has 1 saturated heterocycles. The Labute approximate surface area is 196 Å². The molecule has 4 rings (SSSR count). The third-order valence-corrected chi connectivity index (χ3v) is 8.05. The number of aromatic amines is 1. The summed E-state index contributed by atoms with van der Waals surface area (Å²) in [5, 5.41) is 1.26. The minimum absolute atomic E-state index is 0.00171. The second-order valence-corrected chi connectivity index (χ2v) is 11.6. The molecule has 0 radical (unpaired) electrons. The zero-order valence-corrected chi connectivity index (χ0v) is 20.4. The molecule has 0 atom stereocenters. The number of sulfonamides is 1. The van der Waals surface area contributed by atoms with Crippen LogP contribution < -0.4 is 4.72 Å². The van der Waals surface area contributed by atoms with E-state index in [0.717, 1.165) is 23.9 Å². The van der Waals surface area contributed by atoms with Crippen LogP contribution in [-0.4, -0.2) is 43.8 Å². The molecule has 0 unspecified atom stereocenters. The minimum Gasteiger partial charge on any atom is -0.361 e. The lowest BCUT2D eigenvalue weighted by Crippen LogP contribution is -2.39. The molecule has 1 aliphatic rings. The summed E-state index contributed by atoms with van der Waals surface area (Å²) >= 11 is 0. The van der Waals surface area contributed by atoms with Crippen LogP contribution in [0.3, 0.4) is 0 Å². The molecule has 1 fully saturated rings. The monoisotopic (exact) mass is 467 g/mol. The maximum Gasteiger partial charge on any atom is 0.240 e. The van der Waals surface area contributed by atoms with E-state index in [1.165, 1.54) is 10.9 Å². The lowest BCUT2D eigenvalue weighted by Gasteiger charge is -2.32. The van der Waals surface area contributed by atoms with E-state index in [9.17, 15) is 13.2 Å². The van der Waals surface area contributed by atoms with Gasteiger partial charge in [-0.2, -0.15) is 0 Å². The van der Waals surface area contributed by atoms with Crippen molar-refractivity contribution in [2.75, 3.05) is 19.6 Å². The van der Waals surface area contributed by atoms with E-state index >= 15 is 0 Å². The van der Waals surface area contributed by atoms with E-state index in [0.29, 0.717) is 19.0 Å². The number of rotatable bonds is 6. The van der Waals surface area contributed by atoms with Crippen molar-refractivity contribution < 1.29 is 13.2 Å². The summed E-state index contributed by atoms with van der Waals surface area (Å²) in [4.78, 5) is 18.1. The Morgan fingerprint density at radius 2 is 1.73 bits per heavy atom. The number of H-pyrrole nitrogens is 1. The van der Waals surface area contributed by atoms with Crippen molar-refractivity contribution in [1.29, 1.82) is 0 Å². The van der Waals surface area contributed by atoms with Crippen molar-refractivity contribution >= 4 is 26.8 Å². The maximum atomic E-state index is 12.7. The molecule has 7 heteroatoms. The predicted molar refractivity (Wildman–Crippen MR) is 132 cm³/mol. The average molecular weight is 468 g/mol. The van der Waals surface area contributed by atoms with E-state index in [1.807, 2.05) is 23.1 Å². The largest absolute Gasteiger partial charge is 0.361 e. The van der Waals surface area contributed by atoms with Crippen LogP contribution in [0.2, 0.25) is 0 Å². The van der Waals surface area contributed by atoms with Gasteiger partial charge in [-0.15, -0.1) is 0 Å². The number of nitrogens with one attached hydrogen (secondary N) is 2. The van der Waals surface area contributed by atoms with Crippen molar-refractivity contribution in [3.63, 3.8) is 0 Å². The summed E-state index contributed by atoms with van der Waals surface area (Å²) in [6.45, 7) is 7.76. The van der Waals surface area contributed by atoms with Gasteiger partial charge in [0.1, 0.15) is 0 Å². The van der Waals surface area contributed by atoms with E-state index in [-0.39, 0.29) is 29.2 Å². The number of carbonyl (C=O) groups is 1. The van der Waals surface area contributed by atoms with E-state index in [4.69, 9.17) is 0 Å². The highest BCUT2D eigenvalue weighted by molar-refractivity contribution is 7.89. The maximum absolute atomic E-state index is 12.7. The number of piperidine rings is 1. The topological polar surface area (TPSA) is 82.3 Å². The van der Waals surface area contributed by atoms with Gasteiger partial charge < -0.3 is 9.88 Å². The van der Waals surface area contributed by atoms with Gasteiger partial charge in [-0.3, -0.25) is 4.79 Å². The number of likely N-dealkylation sites (tertiary alicyclic amines) is 1. The summed E-state index contributed by atoms with van der Waals surface area (Å²) in [7, 11) is -3.63. The van der Waals surface area contributed by atoms with Crippen molar-refractivity contribution in [3.05, 3.63) is 65.9 Å². The molecule has 176 valence electrons. The first-order chi connectivity index (χ1) is 15.6. The fourth-order valence-corrected chi connectivity index (χ4v) is 5.57. The Balaban J connectivity index is 1.27. The fourth-order valence-electron chi connectivity index (χ4n) is 4.54. The highest BCUT2D eigenvalue weighted by atomic mass is 32.2. The molecule has 6 nitrogen and oxygen atoms in total. The van der Waals surface area contributed by atoms with Gasteiger partial charge in [-0.1, -0.05) is 51.1 Å². The molecular formula is C26H33N3O3S. The first-order valence-corrected chi connectivity index (χ1v) is 13.1. The molecule has 3 aromatic rings.